The third kappa shape index (κ3) is 2.89. The zero-order valence-corrected chi connectivity index (χ0v) is 13.2. The van der Waals surface area contributed by atoms with Gasteiger partial charge in [0.25, 0.3) is 11.8 Å². The molecular weight excluding hydrogens is 300 g/mol. The molecule has 0 fully saturated rings. The van der Waals surface area contributed by atoms with Crippen LogP contribution in [-0.2, 0) is 0 Å². The van der Waals surface area contributed by atoms with E-state index < -0.39 is 0 Å². The third-order valence-electron chi connectivity index (χ3n) is 3.07. The van der Waals surface area contributed by atoms with E-state index >= 15 is 0 Å². The lowest BCUT2D eigenvalue weighted by Gasteiger charge is -2.00. The number of thiazole rings is 1. The van der Waals surface area contributed by atoms with Crippen LogP contribution in [-0.4, -0.2) is 21.1 Å². The lowest BCUT2D eigenvalue weighted by Crippen LogP contribution is -2.11. The van der Waals surface area contributed by atoms with Crippen molar-refractivity contribution in [1.29, 1.82) is 0 Å². The summed E-state index contributed by atoms with van der Waals surface area (Å²) in [5, 5.41) is 11.3. The van der Waals surface area contributed by atoms with Crippen LogP contribution in [0.2, 0.25) is 0 Å². The van der Waals surface area contributed by atoms with E-state index in [2.05, 4.69) is 20.5 Å². The molecule has 0 unspecified atom stereocenters. The van der Waals surface area contributed by atoms with E-state index in [-0.39, 0.29) is 11.9 Å². The fourth-order valence-electron chi connectivity index (χ4n) is 1.97. The summed E-state index contributed by atoms with van der Waals surface area (Å²) in [5.74, 6) is 0.0161. The number of aromatic nitrogens is 3. The molecule has 0 aliphatic heterocycles. The van der Waals surface area contributed by atoms with Gasteiger partial charge in [-0.25, -0.2) is 4.98 Å². The van der Waals surface area contributed by atoms with Crippen molar-refractivity contribution >= 4 is 23.3 Å². The van der Waals surface area contributed by atoms with E-state index in [9.17, 15) is 4.79 Å². The second kappa shape index (κ2) is 5.69. The predicted octanol–water partition coefficient (Wildman–Crippen LogP) is 3.37. The van der Waals surface area contributed by atoms with Crippen molar-refractivity contribution in [3.05, 3.63) is 45.3 Å². The van der Waals surface area contributed by atoms with Crippen molar-refractivity contribution in [3.8, 4) is 11.6 Å². The van der Waals surface area contributed by atoms with E-state index in [1.165, 1.54) is 0 Å². The summed E-state index contributed by atoms with van der Waals surface area (Å²) in [7, 11) is 0. The van der Waals surface area contributed by atoms with Gasteiger partial charge in [-0.1, -0.05) is 22.8 Å². The number of amides is 1. The van der Waals surface area contributed by atoms with E-state index in [0.29, 0.717) is 17.1 Å². The molecule has 0 atom stereocenters. The zero-order valence-electron chi connectivity index (χ0n) is 12.4. The SMILES string of the molecule is Cc1ccc(C(=O)Nc2nnc(-c3nc(C)sc3C)o2)cc1. The molecular formula is C15H14N4O2S. The normalized spacial score (nSPS) is 10.7. The highest BCUT2D eigenvalue weighted by Gasteiger charge is 2.16. The summed E-state index contributed by atoms with van der Waals surface area (Å²) >= 11 is 1.56. The number of nitrogens with zero attached hydrogens (tertiary/aromatic N) is 3. The van der Waals surface area contributed by atoms with Crippen molar-refractivity contribution in [2.24, 2.45) is 0 Å². The quantitative estimate of drug-likeness (QED) is 0.801. The van der Waals surface area contributed by atoms with Gasteiger partial charge in [0.15, 0.2) is 0 Å². The second-order valence-electron chi connectivity index (χ2n) is 4.87. The number of carbonyl (C=O) groups excluding carboxylic acids is 1. The molecule has 1 aromatic carbocycles. The van der Waals surface area contributed by atoms with E-state index in [0.717, 1.165) is 15.4 Å². The van der Waals surface area contributed by atoms with Crippen LogP contribution in [0.1, 0.15) is 25.8 Å². The van der Waals surface area contributed by atoms with Crippen molar-refractivity contribution < 1.29 is 9.21 Å². The highest BCUT2D eigenvalue weighted by Crippen LogP contribution is 2.27. The van der Waals surface area contributed by atoms with Gasteiger partial charge in [-0.3, -0.25) is 10.1 Å². The monoisotopic (exact) mass is 314 g/mol. The average molecular weight is 314 g/mol. The molecule has 2 heterocycles. The Bertz CT molecular complexity index is 820. The van der Waals surface area contributed by atoms with Crippen LogP contribution >= 0.6 is 11.3 Å². The number of carbonyl (C=O) groups is 1. The average Bonchev–Trinajstić information content (AvgIpc) is 3.06. The molecule has 22 heavy (non-hydrogen) atoms. The minimum atomic E-state index is -0.290. The molecule has 3 rings (SSSR count). The summed E-state index contributed by atoms with van der Waals surface area (Å²) in [6.07, 6.45) is 0. The number of anilines is 1. The van der Waals surface area contributed by atoms with E-state index in [1.807, 2.05) is 32.9 Å². The fraction of sp³-hybridized carbons (Fsp3) is 0.200. The fourth-order valence-corrected chi connectivity index (χ4v) is 2.78. The van der Waals surface area contributed by atoms with Gasteiger partial charge in [-0.2, -0.15) is 0 Å². The van der Waals surface area contributed by atoms with Gasteiger partial charge in [0.05, 0.1) is 5.01 Å². The largest absolute Gasteiger partial charge is 0.401 e. The zero-order chi connectivity index (χ0) is 15.7. The minimum Gasteiger partial charge on any atom is -0.401 e. The van der Waals surface area contributed by atoms with Crippen molar-refractivity contribution in [2.45, 2.75) is 20.8 Å². The third-order valence-corrected chi connectivity index (χ3v) is 3.95. The highest BCUT2D eigenvalue weighted by atomic mass is 32.1. The topological polar surface area (TPSA) is 80.9 Å². The van der Waals surface area contributed by atoms with Crippen LogP contribution in [0.4, 0.5) is 6.01 Å². The Kier molecular flexibility index (Phi) is 3.72. The first-order valence-corrected chi connectivity index (χ1v) is 7.50. The summed E-state index contributed by atoms with van der Waals surface area (Å²) in [6, 6.07) is 7.29. The standard InChI is InChI=1S/C15H14N4O2S/c1-8-4-6-11(7-5-8)13(20)17-15-19-18-14(21-15)12-9(2)22-10(3)16-12/h4-7H,1-3H3,(H,17,19,20). The van der Waals surface area contributed by atoms with Crippen LogP contribution < -0.4 is 5.32 Å². The summed E-state index contributed by atoms with van der Waals surface area (Å²) in [6.45, 7) is 5.82. The first-order valence-electron chi connectivity index (χ1n) is 6.69. The Balaban J connectivity index is 1.78. The Morgan fingerprint density at radius 1 is 1.14 bits per heavy atom. The molecule has 1 N–H and O–H groups in total. The predicted molar refractivity (Wildman–Crippen MR) is 84.0 cm³/mol. The van der Waals surface area contributed by atoms with Gasteiger partial charge in [0, 0.05) is 10.4 Å². The summed E-state index contributed by atoms with van der Waals surface area (Å²) in [5.41, 5.74) is 2.28. The Labute approximate surface area is 131 Å². The molecule has 0 bridgehead atoms. The van der Waals surface area contributed by atoms with Gasteiger partial charge in [0.1, 0.15) is 5.69 Å². The maximum atomic E-state index is 12.1. The molecule has 0 aliphatic carbocycles. The van der Waals surface area contributed by atoms with Gasteiger partial charge < -0.3 is 4.42 Å². The maximum absolute atomic E-state index is 12.1. The Morgan fingerprint density at radius 3 is 2.50 bits per heavy atom. The van der Waals surface area contributed by atoms with E-state index in [4.69, 9.17) is 4.42 Å². The molecule has 6 nitrogen and oxygen atoms in total. The van der Waals surface area contributed by atoms with E-state index in [1.54, 1.807) is 23.5 Å². The first-order chi connectivity index (χ1) is 10.5. The smallest absolute Gasteiger partial charge is 0.322 e. The van der Waals surface area contributed by atoms with Crippen molar-refractivity contribution in [1.82, 2.24) is 15.2 Å². The molecule has 1 amide bonds. The summed E-state index contributed by atoms with van der Waals surface area (Å²) in [4.78, 5) is 17.4. The molecule has 0 aliphatic rings. The molecule has 2 aromatic heterocycles. The number of rotatable bonds is 3. The van der Waals surface area contributed by atoms with Crippen LogP contribution in [0.15, 0.2) is 28.7 Å². The minimum absolute atomic E-state index is 0.0608. The molecule has 0 saturated carbocycles. The molecule has 112 valence electrons. The molecule has 0 saturated heterocycles. The van der Waals surface area contributed by atoms with Crippen LogP contribution in [0.5, 0.6) is 0 Å². The summed E-state index contributed by atoms with van der Waals surface area (Å²) < 4.78 is 5.47. The number of benzene rings is 1. The number of nitrogens with one attached hydrogen (secondary N) is 1. The van der Waals surface area contributed by atoms with Crippen molar-refractivity contribution in [3.63, 3.8) is 0 Å². The van der Waals surface area contributed by atoms with Crippen LogP contribution in [0.3, 0.4) is 0 Å². The van der Waals surface area contributed by atoms with Gasteiger partial charge >= 0.3 is 6.01 Å². The van der Waals surface area contributed by atoms with Gasteiger partial charge in [-0.05, 0) is 32.9 Å². The van der Waals surface area contributed by atoms with Crippen LogP contribution in [0.25, 0.3) is 11.6 Å². The molecule has 3 aromatic rings. The van der Waals surface area contributed by atoms with Crippen LogP contribution in [0, 0.1) is 20.8 Å². The lowest BCUT2D eigenvalue weighted by molar-refractivity contribution is 0.102. The second-order valence-corrected chi connectivity index (χ2v) is 6.28. The molecule has 0 spiro atoms. The number of aryl methyl sites for hydroxylation is 3. The van der Waals surface area contributed by atoms with Gasteiger partial charge in [0.2, 0.25) is 0 Å². The van der Waals surface area contributed by atoms with Gasteiger partial charge in [-0.15, -0.1) is 16.4 Å². The number of hydrogen-bond donors (Lipinski definition) is 1. The molecule has 7 heteroatoms. The Hall–Kier alpha value is -2.54. The first kappa shape index (κ1) is 14.4. The number of hydrogen-bond acceptors (Lipinski definition) is 6. The molecule has 0 radical (unpaired) electrons. The Morgan fingerprint density at radius 2 is 1.86 bits per heavy atom. The van der Waals surface area contributed by atoms with Crippen molar-refractivity contribution in [2.75, 3.05) is 5.32 Å². The highest BCUT2D eigenvalue weighted by molar-refractivity contribution is 7.11. The maximum Gasteiger partial charge on any atom is 0.322 e. The lowest BCUT2D eigenvalue weighted by atomic mass is 10.1.